The van der Waals surface area contributed by atoms with Crippen LogP contribution in [0.4, 0.5) is 0 Å². The summed E-state index contributed by atoms with van der Waals surface area (Å²) in [6.45, 7) is 3.70. The monoisotopic (exact) mass is 430 g/mol. The van der Waals surface area contributed by atoms with E-state index in [0.29, 0.717) is 25.7 Å². The number of ether oxygens (including phenoxy) is 1. The molecule has 0 spiro atoms. The van der Waals surface area contributed by atoms with Gasteiger partial charge < -0.3 is 20.1 Å². The zero-order valence-electron chi connectivity index (χ0n) is 18.9. The van der Waals surface area contributed by atoms with E-state index >= 15 is 0 Å². The number of benzene rings is 1. The van der Waals surface area contributed by atoms with Crippen molar-refractivity contribution in [1.82, 2.24) is 0 Å². The fraction of sp³-hybridized carbons (Fsp3) is 0.654. The van der Waals surface area contributed by atoms with E-state index in [1.54, 1.807) is 0 Å². The highest BCUT2D eigenvalue weighted by atomic mass is 16.5. The second kappa shape index (κ2) is 13.5. The van der Waals surface area contributed by atoms with Gasteiger partial charge in [-0.15, -0.1) is 0 Å². The third-order valence-electron chi connectivity index (χ3n) is 5.99. The second-order valence-corrected chi connectivity index (χ2v) is 8.92. The molecule has 172 valence electrons. The molecule has 3 N–H and O–H groups in total. The number of rotatable bonds is 11. The average molecular weight is 431 g/mol. The molecule has 5 heteroatoms. The summed E-state index contributed by atoms with van der Waals surface area (Å²) in [6, 6.07) is 9.55. The predicted molar refractivity (Wildman–Crippen MR) is 121 cm³/mol. The summed E-state index contributed by atoms with van der Waals surface area (Å²) in [4.78, 5) is 11.6. The summed E-state index contributed by atoms with van der Waals surface area (Å²) in [6.07, 6.45) is 4.74. The molecule has 0 aliphatic heterocycles. The van der Waals surface area contributed by atoms with Crippen LogP contribution in [0.15, 0.2) is 30.3 Å². The maximum atomic E-state index is 11.6. The molecule has 2 rings (SSSR count). The van der Waals surface area contributed by atoms with Crippen molar-refractivity contribution in [2.75, 3.05) is 0 Å². The van der Waals surface area contributed by atoms with Crippen molar-refractivity contribution in [3.63, 3.8) is 0 Å². The van der Waals surface area contributed by atoms with Crippen LogP contribution in [0, 0.1) is 23.7 Å². The summed E-state index contributed by atoms with van der Waals surface area (Å²) in [7, 11) is 0. The number of unbranched alkanes of at least 4 members (excludes halogenated alkanes) is 3. The van der Waals surface area contributed by atoms with Crippen LogP contribution in [0.3, 0.4) is 0 Å². The normalized spacial score (nSPS) is 23.9. The van der Waals surface area contributed by atoms with Crippen LogP contribution in [0.1, 0.15) is 77.2 Å². The molecule has 1 aromatic carbocycles. The van der Waals surface area contributed by atoms with Crippen LogP contribution in [-0.4, -0.2) is 45.7 Å². The van der Waals surface area contributed by atoms with Crippen LogP contribution >= 0.6 is 0 Å². The van der Waals surface area contributed by atoms with Gasteiger partial charge in [-0.2, -0.15) is 0 Å². The molecule has 5 nitrogen and oxygen atoms in total. The van der Waals surface area contributed by atoms with Crippen LogP contribution in [-0.2, 0) is 9.53 Å². The third-order valence-corrected chi connectivity index (χ3v) is 5.99. The first kappa shape index (κ1) is 25.4. The lowest BCUT2D eigenvalue weighted by Crippen LogP contribution is -2.23. The highest BCUT2D eigenvalue weighted by Gasteiger charge is 2.40. The SMILES string of the molecule is CC(C)OC(=O)CCCCCCC1C(O)CC(O)C1CCC(O)C#Cc1ccccc1. The molecule has 1 saturated carbocycles. The molecule has 5 atom stereocenters. The highest BCUT2D eigenvalue weighted by molar-refractivity contribution is 5.69. The minimum absolute atomic E-state index is 0.0100. The van der Waals surface area contributed by atoms with E-state index in [4.69, 9.17) is 4.74 Å². The topological polar surface area (TPSA) is 87.0 Å². The van der Waals surface area contributed by atoms with Gasteiger partial charge in [0.05, 0.1) is 18.3 Å². The Balaban J connectivity index is 1.70. The van der Waals surface area contributed by atoms with Crippen molar-refractivity contribution >= 4 is 5.97 Å². The van der Waals surface area contributed by atoms with Gasteiger partial charge in [0.1, 0.15) is 6.10 Å². The van der Waals surface area contributed by atoms with E-state index in [0.717, 1.165) is 37.7 Å². The number of aliphatic hydroxyl groups excluding tert-OH is 3. The zero-order chi connectivity index (χ0) is 22.6. The van der Waals surface area contributed by atoms with E-state index in [1.165, 1.54) is 0 Å². The summed E-state index contributed by atoms with van der Waals surface area (Å²) < 4.78 is 5.14. The molecule has 1 aromatic rings. The van der Waals surface area contributed by atoms with Crippen molar-refractivity contribution in [3.8, 4) is 11.8 Å². The minimum Gasteiger partial charge on any atom is -0.463 e. The zero-order valence-corrected chi connectivity index (χ0v) is 18.9. The first-order valence-corrected chi connectivity index (χ1v) is 11.7. The Labute approximate surface area is 186 Å². The van der Waals surface area contributed by atoms with Crippen LogP contribution in [0.5, 0.6) is 0 Å². The number of hydrogen-bond donors (Lipinski definition) is 3. The molecular weight excluding hydrogens is 392 g/mol. The van der Waals surface area contributed by atoms with Crippen LogP contribution < -0.4 is 0 Å². The Bertz CT molecular complexity index is 706. The molecule has 5 unspecified atom stereocenters. The number of carbonyl (C=O) groups is 1. The molecule has 0 amide bonds. The lowest BCUT2D eigenvalue weighted by molar-refractivity contribution is -0.147. The van der Waals surface area contributed by atoms with E-state index in [2.05, 4.69) is 11.8 Å². The number of esters is 1. The maximum Gasteiger partial charge on any atom is 0.306 e. The van der Waals surface area contributed by atoms with Gasteiger partial charge in [0.2, 0.25) is 0 Å². The highest BCUT2D eigenvalue weighted by Crippen LogP contribution is 2.39. The Hall–Kier alpha value is -1.87. The Kier molecular flexibility index (Phi) is 11.1. The minimum atomic E-state index is -0.739. The van der Waals surface area contributed by atoms with E-state index < -0.39 is 18.3 Å². The van der Waals surface area contributed by atoms with E-state index in [-0.39, 0.29) is 23.9 Å². The molecule has 0 radical (unpaired) electrons. The molecule has 0 bridgehead atoms. The Morgan fingerprint density at radius 2 is 1.68 bits per heavy atom. The van der Waals surface area contributed by atoms with Gasteiger partial charge in [-0.25, -0.2) is 0 Å². The van der Waals surface area contributed by atoms with Crippen molar-refractivity contribution in [1.29, 1.82) is 0 Å². The Morgan fingerprint density at radius 1 is 1.03 bits per heavy atom. The lowest BCUT2D eigenvalue weighted by atomic mass is 9.85. The van der Waals surface area contributed by atoms with Gasteiger partial charge in [0.15, 0.2) is 0 Å². The first-order valence-electron chi connectivity index (χ1n) is 11.7. The van der Waals surface area contributed by atoms with Crippen LogP contribution in [0.25, 0.3) is 0 Å². The number of carbonyl (C=O) groups excluding carboxylic acids is 1. The summed E-state index contributed by atoms with van der Waals surface area (Å²) >= 11 is 0. The summed E-state index contributed by atoms with van der Waals surface area (Å²) in [5, 5.41) is 31.0. The smallest absolute Gasteiger partial charge is 0.306 e. The van der Waals surface area contributed by atoms with E-state index in [1.807, 2.05) is 44.2 Å². The molecule has 1 aliphatic rings. The van der Waals surface area contributed by atoms with Gasteiger partial charge in [0.25, 0.3) is 0 Å². The standard InChI is InChI=1S/C26H38O5/c1-19(2)31-26(30)13-9-4-3-8-12-22-23(25(29)18-24(22)28)17-16-21(27)15-14-20-10-6-5-7-11-20/h5-7,10-11,19,21-25,27-29H,3-4,8-9,12-13,16-18H2,1-2H3. The molecule has 0 aromatic heterocycles. The number of aliphatic hydroxyl groups is 3. The molecular formula is C26H38O5. The molecule has 0 saturated heterocycles. The third kappa shape index (κ3) is 9.43. The second-order valence-electron chi connectivity index (χ2n) is 8.92. The fourth-order valence-corrected chi connectivity index (χ4v) is 4.42. The number of hydrogen-bond acceptors (Lipinski definition) is 5. The Morgan fingerprint density at radius 3 is 2.35 bits per heavy atom. The predicted octanol–water partition coefficient (Wildman–Crippen LogP) is 3.83. The van der Waals surface area contributed by atoms with Crippen molar-refractivity contribution < 1.29 is 24.9 Å². The fourth-order valence-electron chi connectivity index (χ4n) is 4.42. The van der Waals surface area contributed by atoms with Gasteiger partial charge in [0, 0.05) is 12.0 Å². The van der Waals surface area contributed by atoms with Crippen molar-refractivity contribution in [2.45, 2.75) is 96.1 Å². The quantitative estimate of drug-likeness (QED) is 0.282. The van der Waals surface area contributed by atoms with Gasteiger partial charge in [-0.3, -0.25) is 4.79 Å². The average Bonchev–Trinajstić information content (AvgIpc) is 3.00. The molecule has 0 heterocycles. The van der Waals surface area contributed by atoms with Gasteiger partial charge in [-0.1, -0.05) is 49.3 Å². The summed E-state index contributed by atoms with van der Waals surface area (Å²) in [5.74, 6) is 5.75. The van der Waals surface area contributed by atoms with Gasteiger partial charge >= 0.3 is 5.97 Å². The van der Waals surface area contributed by atoms with Crippen LogP contribution in [0.2, 0.25) is 0 Å². The van der Waals surface area contributed by atoms with Crippen molar-refractivity contribution in [2.24, 2.45) is 11.8 Å². The molecule has 31 heavy (non-hydrogen) atoms. The largest absolute Gasteiger partial charge is 0.463 e. The van der Waals surface area contributed by atoms with Crippen molar-refractivity contribution in [3.05, 3.63) is 35.9 Å². The van der Waals surface area contributed by atoms with E-state index in [9.17, 15) is 20.1 Å². The van der Waals surface area contributed by atoms with Gasteiger partial charge in [-0.05, 0) is 69.9 Å². The first-order chi connectivity index (χ1) is 14.9. The lowest BCUT2D eigenvalue weighted by Gasteiger charge is -2.24. The maximum absolute atomic E-state index is 11.6. The molecule has 1 aliphatic carbocycles. The molecule has 1 fully saturated rings. The summed E-state index contributed by atoms with van der Waals surface area (Å²) in [5.41, 5.74) is 0.869.